The molecule has 0 amide bonds. The fourth-order valence-corrected chi connectivity index (χ4v) is 2.62. The molecule has 2 N–H and O–H groups in total. The van der Waals surface area contributed by atoms with Crippen molar-refractivity contribution in [3.8, 4) is 0 Å². The van der Waals surface area contributed by atoms with Gasteiger partial charge in [0.25, 0.3) is 0 Å². The summed E-state index contributed by atoms with van der Waals surface area (Å²) >= 11 is 1.84. The van der Waals surface area contributed by atoms with E-state index in [1.807, 2.05) is 11.8 Å². The molecule has 3 nitrogen and oxygen atoms in total. The number of hydrogen-bond acceptors (Lipinski definition) is 3. The molecule has 0 aromatic heterocycles. The van der Waals surface area contributed by atoms with E-state index in [0.717, 1.165) is 6.54 Å². The molecule has 98 valence electrons. The minimum Gasteiger partial charge on any atom is -0.478 e. The monoisotopic (exact) mass is 269 g/mol. The van der Waals surface area contributed by atoms with Crippen LogP contribution in [0.5, 0.6) is 0 Å². The highest BCUT2D eigenvalue weighted by atomic mass is 32.2. The number of aromatic carboxylic acids is 1. The van der Waals surface area contributed by atoms with Gasteiger partial charge in [-0.2, -0.15) is 11.8 Å². The second kappa shape index (κ2) is 5.28. The summed E-state index contributed by atoms with van der Waals surface area (Å²) in [5.74, 6) is -1.39. The highest BCUT2D eigenvalue weighted by Crippen LogP contribution is 2.46. The zero-order valence-corrected chi connectivity index (χ0v) is 11.0. The Balaban J connectivity index is 1.96. The van der Waals surface area contributed by atoms with E-state index in [9.17, 15) is 9.18 Å². The Morgan fingerprint density at radius 3 is 2.83 bits per heavy atom. The molecule has 0 radical (unpaired) electrons. The average Bonchev–Trinajstić information content (AvgIpc) is 3.12. The Morgan fingerprint density at radius 1 is 1.56 bits per heavy atom. The van der Waals surface area contributed by atoms with Crippen LogP contribution < -0.4 is 5.32 Å². The number of carboxylic acid groups (broad SMARTS) is 1. The van der Waals surface area contributed by atoms with Gasteiger partial charge in [0.1, 0.15) is 5.82 Å². The molecule has 5 heteroatoms. The van der Waals surface area contributed by atoms with Gasteiger partial charge in [0.15, 0.2) is 0 Å². The molecule has 0 atom stereocenters. The molecular formula is C13H16FNO2S. The third-order valence-corrected chi connectivity index (χ3v) is 4.71. The quantitative estimate of drug-likeness (QED) is 0.833. The van der Waals surface area contributed by atoms with Crippen LogP contribution in [0, 0.1) is 5.82 Å². The van der Waals surface area contributed by atoms with Crippen LogP contribution in [0.15, 0.2) is 18.2 Å². The van der Waals surface area contributed by atoms with Crippen molar-refractivity contribution in [2.45, 2.75) is 24.1 Å². The molecule has 0 spiro atoms. The van der Waals surface area contributed by atoms with E-state index in [-0.39, 0.29) is 11.4 Å². The second-order valence-corrected chi connectivity index (χ2v) is 5.88. The van der Waals surface area contributed by atoms with Gasteiger partial charge < -0.3 is 10.4 Å². The van der Waals surface area contributed by atoms with Crippen molar-refractivity contribution in [1.82, 2.24) is 5.32 Å². The first kappa shape index (κ1) is 13.4. The summed E-state index contributed by atoms with van der Waals surface area (Å²) in [6, 6.07) is 3.89. The Hall–Kier alpha value is -1.07. The summed E-state index contributed by atoms with van der Waals surface area (Å²) in [5, 5.41) is 12.1. The van der Waals surface area contributed by atoms with Crippen LogP contribution >= 0.6 is 11.8 Å². The van der Waals surface area contributed by atoms with Crippen LogP contribution in [0.4, 0.5) is 4.39 Å². The number of halogens is 1. The van der Waals surface area contributed by atoms with E-state index < -0.39 is 5.97 Å². The molecule has 1 aliphatic carbocycles. The molecular weight excluding hydrogens is 253 g/mol. The molecule has 0 bridgehead atoms. The minimum atomic E-state index is -1.03. The number of hydrogen-bond donors (Lipinski definition) is 2. The van der Waals surface area contributed by atoms with Crippen molar-refractivity contribution in [3.05, 3.63) is 35.1 Å². The van der Waals surface area contributed by atoms with Crippen molar-refractivity contribution in [2.75, 3.05) is 12.8 Å². The van der Waals surface area contributed by atoms with Crippen LogP contribution in [0.1, 0.15) is 28.8 Å². The first-order valence-corrected chi connectivity index (χ1v) is 7.06. The topological polar surface area (TPSA) is 49.3 Å². The Kier molecular flexibility index (Phi) is 3.92. The fraction of sp³-hybridized carbons (Fsp3) is 0.462. The van der Waals surface area contributed by atoms with Gasteiger partial charge in [0.05, 0.1) is 5.56 Å². The number of nitrogens with one attached hydrogen (secondary N) is 1. The smallest absolute Gasteiger partial charge is 0.335 e. The molecule has 1 fully saturated rings. The van der Waals surface area contributed by atoms with Crippen LogP contribution in [0.3, 0.4) is 0 Å². The molecule has 0 heterocycles. The average molecular weight is 269 g/mol. The van der Waals surface area contributed by atoms with Gasteiger partial charge in [-0.3, -0.25) is 0 Å². The van der Waals surface area contributed by atoms with Gasteiger partial charge in [-0.1, -0.05) is 0 Å². The Morgan fingerprint density at radius 2 is 2.28 bits per heavy atom. The van der Waals surface area contributed by atoms with Gasteiger partial charge in [-0.15, -0.1) is 0 Å². The largest absolute Gasteiger partial charge is 0.478 e. The summed E-state index contributed by atoms with van der Waals surface area (Å²) in [4.78, 5) is 10.8. The Labute approximate surface area is 110 Å². The van der Waals surface area contributed by atoms with Gasteiger partial charge in [-0.25, -0.2) is 9.18 Å². The summed E-state index contributed by atoms with van der Waals surface area (Å²) in [7, 11) is 0. The summed E-state index contributed by atoms with van der Waals surface area (Å²) in [6.07, 6.45) is 4.47. The maximum absolute atomic E-state index is 13.5. The first-order valence-electron chi connectivity index (χ1n) is 5.84. The normalized spacial score (nSPS) is 16.6. The molecule has 1 saturated carbocycles. The maximum atomic E-state index is 13.5. The van der Waals surface area contributed by atoms with Crippen LogP contribution in [-0.2, 0) is 6.54 Å². The van der Waals surface area contributed by atoms with E-state index in [2.05, 4.69) is 11.6 Å². The van der Waals surface area contributed by atoms with Crippen LogP contribution in [0.25, 0.3) is 0 Å². The third kappa shape index (κ3) is 3.03. The van der Waals surface area contributed by atoms with E-state index in [0.29, 0.717) is 16.9 Å². The van der Waals surface area contributed by atoms with Crippen molar-refractivity contribution in [3.63, 3.8) is 0 Å². The lowest BCUT2D eigenvalue weighted by Crippen LogP contribution is -2.25. The van der Waals surface area contributed by atoms with Crippen LogP contribution in [0.2, 0.25) is 0 Å². The minimum absolute atomic E-state index is 0.124. The van der Waals surface area contributed by atoms with Crippen LogP contribution in [-0.4, -0.2) is 28.6 Å². The number of carbonyl (C=O) groups is 1. The summed E-state index contributed by atoms with van der Waals surface area (Å²) in [5.41, 5.74) is 0.533. The van der Waals surface area contributed by atoms with Gasteiger partial charge in [-0.05, 0) is 37.3 Å². The zero-order chi connectivity index (χ0) is 13.2. The van der Waals surface area contributed by atoms with Gasteiger partial charge in [0.2, 0.25) is 0 Å². The van der Waals surface area contributed by atoms with Crippen molar-refractivity contribution >= 4 is 17.7 Å². The highest BCUT2D eigenvalue weighted by Gasteiger charge is 2.41. The molecule has 1 aliphatic rings. The SMILES string of the molecule is CSC1(CNCc2cc(C(=O)O)ccc2F)CC1. The molecule has 2 rings (SSSR count). The molecule has 1 aromatic carbocycles. The van der Waals surface area contributed by atoms with Crippen molar-refractivity contribution in [1.29, 1.82) is 0 Å². The van der Waals surface area contributed by atoms with E-state index >= 15 is 0 Å². The number of thioether (sulfide) groups is 1. The fourth-order valence-electron chi connectivity index (χ4n) is 1.86. The summed E-state index contributed by atoms with van der Waals surface area (Å²) < 4.78 is 13.8. The van der Waals surface area contributed by atoms with Gasteiger partial charge in [0, 0.05) is 23.4 Å². The third-order valence-electron chi connectivity index (χ3n) is 3.30. The van der Waals surface area contributed by atoms with Crippen molar-refractivity contribution < 1.29 is 14.3 Å². The van der Waals surface area contributed by atoms with E-state index in [1.165, 1.54) is 31.0 Å². The van der Waals surface area contributed by atoms with E-state index in [1.54, 1.807) is 0 Å². The predicted molar refractivity (Wildman–Crippen MR) is 70.5 cm³/mol. The predicted octanol–water partition coefficient (Wildman–Crippen LogP) is 2.51. The molecule has 0 saturated heterocycles. The molecule has 0 unspecified atom stereocenters. The van der Waals surface area contributed by atoms with Crippen molar-refractivity contribution in [2.24, 2.45) is 0 Å². The summed E-state index contributed by atoms with van der Waals surface area (Å²) in [6.45, 7) is 1.21. The van der Waals surface area contributed by atoms with E-state index in [4.69, 9.17) is 5.11 Å². The first-order chi connectivity index (χ1) is 8.56. The number of carboxylic acids is 1. The number of benzene rings is 1. The zero-order valence-electron chi connectivity index (χ0n) is 10.2. The maximum Gasteiger partial charge on any atom is 0.335 e. The Bertz CT molecular complexity index is 460. The standard InChI is InChI=1S/C13H16FNO2S/c1-18-13(4-5-13)8-15-7-10-6-9(12(16)17)2-3-11(10)14/h2-3,6,15H,4-5,7-8H2,1H3,(H,16,17). The molecule has 1 aromatic rings. The lowest BCUT2D eigenvalue weighted by Gasteiger charge is -2.13. The number of rotatable bonds is 6. The molecule has 0 aliphatic heterocycles. The second-order valence-electron chi connectivity index (χ2n) is 4.60. The molecule has 18 heavy (non-hydrogen) atoms. The highest BCUT2D eigenvalue weighted by molar-refractivity contribution is 8.00. The lowest BCUT2D eigenvalue weighted by molar-refractivity contribution is 0.0696. The lowest BCUT2D eigenvalue weighted by atomic mass is 10.1. The van der Waals surface area contributed by atoms with Gasteiger partial charge >= 0.3 is 5.97 Å².